The smallest absolute Gasteiger partial charge is 0.343 e. The summed E-state index contributed by atoms with van der Waals surface area (Å²) in [5, 5.41) is 38.1. The molecule has 0 spiro atoms. The van der Waals surface area contributed by atoms with Gasteiger partial charge in [-0.05, 0) is 5.56 Å². The summed E-state index contributed by atoms with van der Waals surface area (Å²) in [4.78, 5) is 49.1. The minimum absolute atomic E-state index is 0. The molecule has 0 heterocycles. The molecule has 2 aromatic carbocycles. The minimum Gasteiger partial charge on any atom is -0.664 e. The van der Waals surface area contributed by atoms with Gasteiger partial charge in [0.05, 0.1) is 27.9 Å². The van der Waals surface area contributed by atoms with Gasteiger partial charge in [0.15, 0.2) is 0 Å². The third kappa shape index (κ3) is 7.71. The number of nitro benzene ring substituents is 2. The summed E-state index contributed by atoms with van der Waals surface area (Å²) in [5.74, 6) is 3.71. The predicted octanol–water partition coefficient (Wildman–Crippen LogP) is 3.55. The van der Waals surface area contributed by atoms with E-state index in [0.717, 1.165) is 18.2 Å². The monoisotopic (exact) mass is 511 g/mol. The van der Waals surface area contributed by atoms with Crippen LogP contribution in [0.1, 0.15) is 31.8 Å². The first-order valence-electron chi connectivity index (χ1n) is 7.72. The Bertz CT molecular complexity index is 937. The number of nitro groups is 2. The summed E-state index contributed by atoms with van der Waals surface area (Å²) in [7, 11) is 0. The van der Waals surface area contributed by atoms with Gasteiger partial charge in [-0.25, -0.2) is 9.68 Å². The average Bonchev–Trinajstić information content (AvgIpc) is 2.69. The molecule has 0 aromatic heterocycles. The summed E-state index contributed by atoms with van der Waals surface area (Å²) >= 11 is 0. The van der Waals surface area contributed by atoms with Gasteiger partial charge < -0.3 is 26.4 Å². The van der Waals surface area contributed by atoms with Crippen LogP contribution in [0.2, 0.25) is 0 Å². The van der Waals surface area contributed by atoms with E-state index in [1.54, 1.807) is 6.07 Å². The first-order valence-corrected chi connectivity index (χ1v) is 7.72. The molecule has 1 radical (unpaired) electrons. The van der Waals surface area contributed by atoms with E-state index >= 15 is 0 Å². The molecule has 0 unspecified atom stereocenters. The Morgan fingerprint density at radius 1 is 1.00 bits per heavy atom. The third-order valence-corrected chi connectivity index (χ3v) is 3.58. The number of benzene rings is 2. The summed E-state index contributed by atoms with van der Waals surface area (Å²) in [6.45, 7) is -0.407. The van der Waals surface area contributed by atoms with E-state index < -0.39 is 38.5 Å². The summed E-state index contributed by atoms with van der Waals surface area (Å²) in [5.41, 5.74) is 5.31. The third-order valence-electron chi connectivity index (χ3n) is 3.58. The zero-order valence-electron chi connectivity index (χ0n) is 15.5. The zero-order chi connectivity index (χ0) is 22.8. The van der Waals surface area contributed by atoms with Crippen molar-refractivity contribution in [2.75, 3.05) is 0 Å². The van der Waals surface area contributed by atoms with E-state index in [1.165, 1.54) is 12.1 Å². The van der Waals surface area contributed by atoms with Gasteiger partial charge >= 0.3 is 5.97 Å². The summed E-state index contributed by atoms with van der Waals surface area (Å²) in [6, 6.07) is 7.53. The number of carbonyl (C=O) groups is 2. The van der Waals surface area contributed by atoms with Crippen LogP contribution in [0.5, 0.6) is 0 Å². The van der Waals surface area contributed by atoms with Crippen LogP contribution >= 0.6 is 0 Å². The van der Waals surface area contributed by atoms with E-state index in [4.69, 9.17) is 22.0 Å². The van der Waals surface area contributed by atoms with E-state index in [-0.39, 0.29) is 57.2 Å². The molecule has 15 heteroatoms. The van der Waals surface area contributed by atoms with Gasteiger partial charge in [0, 0.05) is 50.4 Å². The number of rotatable bonds is 8. The molecule has 0 bridgehead atoms. The number of hydrogen-bond acceptors (Lipinski definition) is 9. The van der Waals surface area contributed by atoms with Gasteiger partial charge in [-0.15, -0.1) is 0 Å². The second-order valence-electron chi connectivity index (χ2n) is 5.33. The first kappa shape index (κ1) is 28.1. The molecule has 0 fully saturated rings. The molecule has 0 aliphatic heterocycles. The van der Waals surface area contributed by atoms with Crippen molar-refractivity contribution < 1.29 is 72.2 Å². The molecule has 14 nitrogen and oxygen atoms in total. The van der Waals surface area contributed by atoms with E-state index in [2.05, 4.69) is 9.73 Å². The number of carbonyl (C=O) groups excluding carboxylic acids is 1. The van der Waals surface area contributed by atoms with Gasteiger partial charge in [-0.1, -0.05) is 24.3 Å². The fourth-order valence-corrected chi connectivity index (χ4v) is 2.34. The van der Waals surface area contributed by atoms with Crippen molar-refractivity contribution in [3.05, 3.63) is 90.5 Å². The second kappa shape index (κ2) is 13.4. The molecule has 31 heavy (non-hydrogen) atoms. The van der Waals surface area contributed by atoms with E-state index in [0.29, 0.717) is 5.56 Å². The fraction of sp³-hybridized carbons (Fsp3) is 0.125. The normalized spacial score (nSPS) is 9.61. The number of hydrogen-bond donors (Lipinski definition) is 2. The van der Waals surface area contributed by atoms with Gasteiger partial charge in [0.2, 0.25) is 0 Å². The van der Waals surface area contributed by atoms with Crippen molar-refractivity contribution in [2.45, 2.75) is 13.2 Å². The Hall–Kier alpha value is -2.88. The Balaban J connectivity index is 0.000000562. The van der Waals surface area contributed by atoms with Crippen molar-refractivity contribution in [3.63, 3.8) is 0 Å². The van der Waals surface area contributed by atoms with Crippen molar-refractivity contribution in [1.29, 1.82) is 0 Å². The number of carboxylic acid groups (broad SMARTS) is 1. The Morgan fingerprint density at radius 3 is 2.00 bits per heavy atom. The fourth-order valence-electron chi connectivity index (χ4n) is 2.34. The molecule has 4 N–H and O–H groups in total. The van der Waals surface area contributed by atoms with Gasteiger partial charge in [-0.3, -0.25) is 25.5 Å². The average molecular weight is 511 g/mol. The number of aromatic carboxylic acids is 1. The molecule has 2 aromatic rings. The Labute approximate surface area is 198 Å². The predicted molar refractivity (Wildman–Crippen MR) is 98.3 cm³/mol. The van der Waals surface area contributed by atoms with Crippen LogP contribution in [0.25, 0.3) is 11.6 Å². The molecule has 0 aliphatic carbocycles. The maximum absolute atomic E-state index is 10.7. The number of nitrogens with zero attached hydrogens (tertiary/aromatic N) is 2. The van der Waals surface area contributed by atoms with E-state index in [9.17, 15) is 29.8 Å². The quantitative estimate of drug-likeness (QED) is 0.297. The van der Waals surface area contributed by atoms with Crippen LogP contribution < -0.4 is 0 Å². The molecule has 0 saturated heterocycles. The Kier molecular flexibility index (Phi) is 12.2. The van der Waals surface area contributed by atoms with Crippen molar-refractivity contribution in [2.24, 2.45) is 0 Å². The van der Waals surface area contributed by atoms with Crippen LogP contribution in [0.4, 0.5) is 11.4 Å². The molecule has 0 saturated carbocycles. The zero-order valence-corrected chi connectivity index (χ0v) is 18.3. The maximum Gasteiger partial charge on any atom is 0.343 e. The van der Waals surface area contributed by atoms with Gasteiger partial charge in [-0.2, -0.15) is 0 Å². The maximum atomic E-state index is 10.7. The number of carboxylic acids is 1. The molecule has 2 rings (SSSR count). The van der Waals surface area contributed by atoms with Crippen molar-refractivity contribution >= 4 is 23.3 Å². The summed E-state index contributed by atoms with van der Waals surface area (Å²) < 4.78 is 0. The van der Waals surface area contributed by atoms with Crippen LogP contribution in [-0.4, -0.2) is 32.1 Å². The minimum atomic E-state index is -1.60. The molecular weight excluding hydrogens is 497 g/mol. The molecule has 163 valence electrons. The Morgan fingerprint density at radius 2 is 1.55 bits per heavy atom. The largest absolute Gasteiger partial charge is 0.664 e. The van der Waals surface area contributed by atoms with Gasteiger partial charge in [0.25, 0.3) is 11.4 Å². The van der Waals surface area contributed by atoms with Crippen LogP contribution in [-0.2, 0) is 55.6 Å². The van der Waals surface area contributed by atoms with Crippen LogP contribution in [0, 0.1) is 20.2 Å². The molecule has 1 amide bonds. The molecule has 0 aliphatic rings. The van der Waals surface area contributed by atoms with Gasteiger partial charge in [0.1, 0.15) is 12.2 Å². The number of amides is 1. The van der Waals surface area contributed by atoms with Crippen molar-refractivity contribution in [3.8, 4) is 0 Å². The molecule has 0 atom stereocenters. The molecular formula is C16H14N4O10Y-2. The van der Waals surface area contributed by atoms with Crippen LogP contribution in [0.3, 0.4) is 0 Å². The SMILES string of the molecule is [NH-]C(=O)c1cccc([N+](=O)[O-])c1C(=O)O.[NH-]OCc1cccc([N+](=O)[O-])c1COO.[Y]. The summed E-state index contributed by atoms with van der Waals surface area (Å²) in [6.07, 6.45) is 0. The topological polar surface area (TPSA) is 227 Å². The first-order chi connectivity index (χ1) is 14.1. The van der Waals surface area contributed by atoms with Crippen LogP contribution in [0.15, 0.2) is 36.4 Å². The second-order valence-corrected chi connectivity index (χ2v) is 5.33. The van der Waals surface area contributed by atoms with E-state index in [1.807, 2.05) is 0 Å². The number of nitrogens with one attached hydrogen (secondary N) is 2. The van der Waals surface area contributed by atoms with Crippen molar-refractivity contribution in [1.82, 2.24) is 0 Å². The standard InChI is InChI=1S/C8H9N2O5.C8H6N2O5.Y/c9-14-4-6-2-1-3-8(10(11)12)7(6)5-15-13;9-7(11)4-2-1-3-5(10(14)15)6(4)8(12)13;/h1-3,9,13H,4-5H2;1-3H,(H3,9,11,12,13);/q-1;;/p-1.